The first-order valence-electron chi connectivity index (χ1n) is 8.36. The van der Waals surface area contributed by atoms with E-state index in [0.29, 0.717) is 17.2 Å². The summed E-state index contributed by atoms with van der Waals surface area (Å²) in [6.45, 7) is 1.90. The highest BCUT2D eigenvalue weighted by atomic mass is 32.4. The molecule has 1 aromatic heterocycles. The van der Waals surface area contributed by atoms with Crippen LogP contribution in [0.3, 0.4) is 0 Å². The predicted octanol–water partition coefficient (Wildman–Crippen LogP) is 3.92. The van der Waals surface area contributed by atoms with Gasteiger partial charge in [0.2, 0.25) is 0 Å². The molecule has 2 aromatic carbocycles. The van der Waals surface area contributed by atoms with E-state index in [9.17, 15) is 4.39 Å². The molecular formula is C19H18FN4OPS. The quantitative estimate of drug-likeness (QED) is 0.625. The zero-order chi connectivity index (χ0) is 19.2. The Bertz CT molecular complexity index is 1100. The molecule has 138 valence electrons. The SMILES string of the molecule is CO[P@@]1(=S)c2c(C)nn(-c3ccccc3)c2N=C(c2ccccc2F)N1C. The summed E-state index contributed by atoms with van der Waals surface area (Å²) >= 11 is 5.96. The molecule has 1 atom stereocenters. The molecule has 1 aliphatic heterocycles. The van der Waals surface area contributed by atoms with Crippen molar-refractivity contribution in [2.75, 3.05) is 14.2 Å². The van der Waals surface area contributed by atoms with Crippen LogP contribution in [0.5, 0.6) is 0 Å². The van der Waals surface area contributed by atoms with Gasteiger partial charge in [0.25, 0.3) is 0 Å². The maximum Gasteiger partial charge on any atom is 0.192 e. The summed E-state index contributed by atoms with van der Waals surface area (Å²) in [5.74, 6) is 0.690. The molecule has 0 amide bonds. The standard InChI is InChI=1S/C19H18FN4OPS/c1-13-17-19(24(22-13)14-9-5-4-6-10-14)21-18(23(2)26(17,27)25-3)15-11-7-8-12-16(15)20/h4-12H,1-3H3/t26-/m1/s1. The highest BCUT2D eigenvalue weighted by Crippen LogP contribution is 2.55. The van der Waals surface area contributed by atoms with E-state index < -0.39 is 6.42 Å². The number of halogens is 1. The van der Waals surface area contributed by atoms with Gasteiger partial charge in [0.05, 0.1) is 22.2 Å². The largest absolute Gasteiger partial charge is 0.334 e. The first-order valence-corrected chi connectivity index (χ1v) is 11.0. The Morgan fingerprint density at radius 2 is 1.74 bits per heavy atom. The second-order valence-corrected chi connectivity index (χ2v) is 10.1. The molecule has 27 heavy (non-hydrogen) atoms. The molecule has 0 spiro atoms. The molecule has 3 aromatic rings. The molecule has 0 unspecified atom stereocenters. The molecule has 0 saturated heterocycles. The van der Waals surface area contributed by atoms with Crippen LogP contribution in [0.2, 0.25) is 0 Å². The Morgan fingerprint density at radius 3 is 2.41 bits per heavy atom. The fourth-order valence-corrected chi connectivity index (χ4v) is 6.08. The van der Waals surface area contributed by atoms with Gasteiger partial charge in [-0.3, -0.25) is 0 Å². The molecule has 2 heterocycles. The summed E-state index contributed by atoms with van der Waals surface area (Å²) in [6.07, 6.45) is -2.67. The van der Waals surface area contributed by atoms with Gasteiger partial charge in [0.1, 0.15) is 11.7 Å². The number of hydrogen-bond acceptors (Lipinski definition) is 4. The zero-order valence-electron chi connectivity index (χ0n) is 15.1. The van der Waals surface area contributed by atoms with Crippen molar-refractivity contribution in [2.24, 2.45) is 4.99 Å². The zero-order valence-corrected chi connectivity index (χ0v) is 16.8. The monoisotopic (exact) mass is 400 g/mol. The Balaban J connectivity index is 2.04. The molecule has 5 nitrogen and oxygen atoms in total. The smallest absolute Gasteiger partial charge is 0.192 e. The van der Waals surface area contributed by atoms with Crippen LogP contribution >= 0.6 is 6.42 Å². The van der Waals surface area contributed by atoms with Crippen LogP contribution in [-0.2, 0) is 16.3 Å². The molecule has 0 fully saturated rings. The number of hydrogen-bond donors (Lipinski definition) is 0. The van der Waals surface area contributed by atoms with E-state index in [1.165, 1.54) is 6.07 Å². The van der Waals surface area contributed by atoms with Gasteiger partial charge < -0.3 is 9.19 Å². The van der Waals surface area contributed by atoms with Gasteiger partial charge in [-0.2, -0.15) is 5.10 Å². The molecule has 0 N–H and O–H groups in total. The number of fused-ring (bicyclic) bond motifs is 1. The first kappa shape index (κ1) is 18.0. The van der Waals surface area contributed by atoms with Gasteiger partial charge in [0.15, 0.2) is 12.2 Å². The van der Waals surface area contributed by atoms with Crippen molar-refractivity contribution < 1.29 is 8.91 Å². The predicted molar refractivity (Wildman–Crippen MR) is 110 cm³/mol. The van der Waals surface area contributed by atoms with Crippen LogP contribution in [0.15, 0.2) is 59.6 Å². The van der Waals surface area contributed by atoms with E-state index in [0.717, 1.165) is 16.7 Å². The van der Waals surface area contributed by atoms with E-state index in [-0.39, 0.29) is 5.82 Å². The minimum Gasteiger partial charge on any atom is -0.334 e. The maximum absolute atomic E-state index is 14.5. The lowest BCUT2D eigenvalue weighted by Gasteiger charge is -2.36. The third-order valence-electron chi connectivity index (χ3n) is 4.56. The van der Waals surface area contributed by atoms with Crippen molar-refractivity contribution in [3.8, 4) is 5.69 Å². The Kier molecular flexibility index (Phi) is 4.46. The van der Waals surface area contributed by atoms with Crippen LogP contribution in [0.1, 0.15) is 11.3 Å². The van der Waals surface area contributed by atoms with Crippen molar-refractivity contribution in [2.45, 2.75) is 6.92 Å². The van der Waals surface area contributed by atoms with Gasteiger partial charge >= 0.3 is 0 Å². The molecule has 0 aliphatic carbocycles. The number of aliphatic imine (C=N–C) groups is 1. The fourth-order valence-electron chi connectivity index (χ4n) is 3.23. The topological polar surface area (TPSA) is 42.6 Å². The van der Waals surface area contributed by atoms with Crippen LogP contribution in [0.25, 0.3) is 5.69 Å². The van der Waals surface area contributed by atoms with Crippen molar-refractivity contribution in [1.82, 2.24) is 14.5 Å². The van der Waals surface area contributed by atoms with Crippen LogP contribution in [0.4, 0.5) is 10.2 Å². The average Bonchev–Trinajstić information content (AvgIpc) is 3.03. The number of para-hydroxylation sites is 1. The minimum atomic E-state index is -2.67. The molecule has 0 bridgehead atoms. The normalized spacial score (nSPS) is 19.0. The van der Waals surface area contributed by atoms with Crippen LogP contribution in [0, 0.1) is 12.7 Å². The van der Waals surface area contributed by atoms with E-state index >= 15 is 0 Å². The molecule has 0 radical (unpaired) electrons. The summed E-state index contributed by atoms with van der Waals surface area (Å²) in [5.41, 5.74) is 2.01. The van der Waals surface area contributed by atoms with E-state index in [2.05, 4.69) is 5.10 Å². The first-order chi connectivity index (χ1) is 13.0. The molecular weight excluding hydrogens is 382 g/mol. The number of rotatable bonds is 3. The van der Waals surface area contributed by atoms with Gasteiger partial charge in [-0.1, -0.05) is 30.3 Å². The number of aryl methyl sites for hydroxylation is 1. The summed E-state index contributed by atoms with van der Waals surface area (Å²) < 4.78 is 23.9. The lowest BCUT2D eigenvalue weighted by Crippen LogP contribution is -2.34. The number of nitrogens with zero attached hydrogens (tertiary/aromatic N) is 4. The molecule has 4 rings (SSSR count). The second-order valence-electron chi connectivity index (χ2n) is 6.15. The Morgan fingerprint density at radius 1 is 1.07 bits per heavy atom. The third kappa shape index (κ3) is 2.74. The molecule has 8 heteroatoms. The Hall–Kier alpha value is -2.34. The summed E-state index contributed by atoms with van der Waals surface area (Å²) in [4.78, 5) is 4.78. The third-order valence-corrected chi connectivity index (χ3v) is 8.86. The van der Waals surface area contributed by atoms with Crippen molar-refractivity contribution in [3.05, 3.63) is 71.7 Å². The summed E-state index contributed by atoms with van der Waals surface area (Å²) in [7, 11) is 3.39. The van der Waals surface area contributed by atoms with Crippen molar-refractivity contribution in [1.29, 1.82) is 0 Å². The van der Waals surface area contributed by atoms with Crippen LogP contribution < -0.4 is 5.30 Å². The summed E-state index contributed by atoms with van der Waals surface area (Å²) in [6, 6.07) is 16.2. The second kappa shape index (κ2) is 6.68. The van der Waals surface area contributed by atoms with Crippen molar-refractivity contribution >= 4 is 35.2 Å². The molecule has 1 aliphatic rings. The lowest BCUT2D eigenvalue weighted by molar-refractivity contribution is 0.438. The Labute approximate surface area is 162 Å². The number of amidine groups is 1. The lowest BCUT2D eigenvalue weighted by atomic mass is 10.2. The van der Waals surface area contributed by atoms with Gasteiger partial charge in [-0.15, -0.1) is 0 Å². The van der Waals surface area contributed by atoms with E-state index in [4.69, 9.17) is 21.3 Å². The van der Waals surface area contributed by atoms with Crippen LogP contribution in [-0.4, -0.2) is 34.4 Å². The fraction of sp³-hybridized carbons (Fsp3) is 0.158. The molecule has 0 saturated carbocycles. The average molecular weight is 400 g/mol. The number of aromatic nitrogens is 2. The van der Waals surface area contributed by atoms with Gasteiger partial charge in [0, 0.05) is 14.2 Å². The van der Waals surface area contributed by atoms with Gasteiger partial charge in [-0.05, 0) is 43.0 Å². The van der Waals surface area contributed by atoms with E-state index in [1.807, 2.05) is 37.3 Å². The minimum absolute atomic E-state index is 0.355. The highest BCUT2D eigenvalue weighted by Gasteiger charge is 2.40. The maximum atomic E-state index is 14.5. The number of benzene rings is 2. The highest BCUT2D eigenvalue weighted by molar-refractivity contribution is 8.15. The summed E-state index contributed by atoms with van der Waals surface area (Å²) in [5, 5.41) is 5.46. The van der Waals surface area contributed by atoms with Crippen molar-refractivity contribution in [3.63, 3.8) is 0 Å². The van der Waals surface area contributed by atoms with Gasteiger partial charge in [-0.25, -0.2) is 14.1 Å². The van der Waals surface area contributed by atoms with E-state index in [1.54, 1.807) is 41.7 Å².